The van der Waals surface area contributed by atoms with Crippen molar-refractivity contribution in [3.05, 3.63) is 188 Å². The maximum atomic E-state index is 14.8. The first-order valence-corrected chi connectivity index (χ1v) is 19.8. The molecular formula is C52H51F3O9Y. The third-order valence-corrected chi connectivity index (χ3v) is 10.8. The monoisotopic (exact) mass is 965 g/mol. The second-order valence-electron chi connectivity index (χ2n) is 15.3. The number of aryl methyl sites for hydroxylation is 4. The number of rotatable bonds is 14. The van der Waals surface area contributed by atoms with Crippen molar-refractivity contribution in [2.45, 2.75) is 73.1 Å². The van der Waals surface area contributed by atoms with Crippen molar-refractivity contribution in [2.75, 3.05) is 7.11 Å². The summed E-state index contributed by atoms with van der Waals surface area (Å²) in [6.07, 6.45) is -5.37. The molecule has 0 heterocycles. The molecule has 0 saturated carbocycles. The number of halogens is 3. The zero-order chi connectivity index (χ0) is 46.1. The van der Waals surface area contributed by atoms with Gasteiger partial charge < -0.3 is 24.4 Å². The summed E-state index contributed by atoms with van der Waals surface area (Å²) in [6, 6.07) is 31.3. The molecule has 1 radical (unpaired) electrons. The van der Waals surface area contributed by atoms with E-state index in [4.69, 9.17) is 14.2 Å². The molecule has 9 nitrogen and oxygen atoms in total. The van der Waals surface area contributed by atoms with Crippen LogP contribution in [0.25, 0.3) is 0 Å². The first kappa shape index (κ1) is 53.2. The molecule has 13 heteroatoms. The van der Waals surface area contributed by atoms with E-state index in [0.29, 0.717) is 34.7 Å². The molecule has 337 valence electrons. The first-order chi connectivity index (χ1) is 29.8. The molecule has 0 saturated heterocycles. The Morgan fingerprint density at radius 3 is 1.49 bits per heavy atom. The summed E-state index contributed by atoms with van der Waals surface area (Å²) in [5, 5.41) is 20.8. The van der Waals surface area contributed by atoms with Crippen LogP contribution in [-0.4, -0.2) is 47.5 Å². The van der Waals surface area contributed by atoms with Crippen molar-refractivity contribution in [1.82, 2.24) is 0 Å². The molecule has 6 aromatic rings. The van der Waals surface area contributed by atoms with E-state index in [-0.39, 0.29) is 105 Å². The van der Waals surface area contributed by atoms with E-state index >= 15 is 0 Å². The number of carbonyl (C=O) groups excluding carboxylic acids is 4. The number of Topliss-reactive ketones (excluding diaryl/α,β-unsaturated/α-hetero) is 2. The van der Waals surface area contributed by atoms with Gasteiger partial charge in [-0.3, -0.25) is 14.4 Å². The average molecular weight is 966 g/mol. The Morgan fingerprint density at radius 2 is 1.06 bits per heavy atom. The molecule has 0 aliphatic heterocycles. The van der Waals surface area contributed by atoms with Crippen molar-refractivity contribution < 1.29 is 89.5 Å². The van der Waals surface area contributed by atoms with Crippen LogP contribution in [0.2, 0.25) is 0 Å². The first-order valence-electron chi connectivity index (χ1n) is 19.8. The predicted molar refractivity (Wildman–Crippen MR) is 239 cm³/mol. The van der Waals surface area contributed by atoms with Crippen LogP contribution in [0.5, 0.6) is 23.0 Å². The number of phenolic OH excluding ortho intramolecular Hbond substituents is 2. The zero-order valence-corrected chi connectivity index (χ0v) is 39.0. The van der Waals surface area contributed by atoms with Crippen molar-refractivity contribution in [1.29, 1.82) is 0 Å². The topological polar surface area (TPSA) is 136 Å². The van der Waals surface area contributed by atoms with Crippen molar-refractivity contribution in [3.63, 3.8) is 0 Å². The van der Waals surface area contributed by atoms with E-state index < -0.39 is 17.6 Å². The number of hydrogen-bond acceptors (Lipinski definition) is 9. The fraction of sp³-hybridized carbons (Fsp3) is 0.231. The fourth-order valence-corrected chi connectivity index (χ4v) is 6.72. The van der Waals surface area contributed by atoms with E-state index in [9.17, 15) is 42.6 Å². The minimum atomic E-state index is -4.79. The molecule has 0 atom stereocenters. The number of alkyl halides is 3. The smallest absolute Gasteiger partial charge is 0.402 e. The van der Waals surface area contributed by atoms with Crippen LogP contribution in [-0.2, 0) is 71.8 Å². The molecule has 0 aliphatic carbocycles. The van der Waals surface area contributed by atoms with E-state index in [1.807, 2.05) is 39.8 Å². The number of carbonyl (C=O) groups is 4. The molecule has 0 unspecified atom stereocenters. The second kappa shape index (κ2) is 23.2. The van der Waals surface area contributed by atoms with Crippen molar-refractivity contribution in [3.8, 4) is 23.0 Å². The molecule has 6 rings (SSSR count). The maximum Gasteiger partial charge on any atom is 0.402 e. The number of ketones is 2. The third kappa shape index (κ3) is 13.2. The quantitative estimate of drug-likeness (QED) is 0.0621. The van der Waals surface area contributed by atoms with Crippen LogP contribution < -0.4 is 4.74 Å². The normalized spacial score (nSPS) is 10.8. The van der Waals surface area contributed by atoms with Crippen LogP contribution >= 0.6 is 0 Å². The van der Waals surface area contributed by atoms with Crippen molar-refractivity contribution in [2.24, 2.45) is 0 Å². The van der Waals surface area contributed by atoms with Gasteiger partial charge in [-0.1, -0.05) is 103 Å². The average Bonchev–Trinajstić information content (AvgIpc) is 3.25. The summed E-state index contributed by atoms with van der Waals surface area (Å²) in [5.41, 5.74) is 2.98. The maximum absolute atomic E-state index is 14.8. The summed E-state index contributed by atoms with van der Waals surface area (Å²) in [6.45, 7) is 9.10. The van der Waals surface area contributed by atoms with Gasteiger partial charge in [-0.05, 0) is 98.8 Å². The van der Waals surface area contributed by atoms with Gasteiger partial charge in [-0.2, -0.15) is 13.2 Å². The van der Waals surface area contributed by atoms with Crippen LogP contribution in [0.4, 0.5) is 13.2 Å². The Labute approximate surface area is 402 Å². The molecule has 2 N–H and O–H groups in total. The van der Waals surface area contributed by atoms with Gasteiger partial charge in [0, 0.05) is 67.8 Å². The Morgan fingerprint density at radius 1 is 0.615 bits per heavy atom. The fourth-order valence-electron chi connectivity index (χ4n) is 6.72. The van der Waals surface area contributed by atoms with Crippen molar-refractivity contribution >= 4 is 24.0 Å². The molecule has 0 aliphatic rings. The molecule has 0 spiro atoms. The minimum absolute atomic E-state index is 0. The minimum Gasteiger partial charge on any atom is -0.508 e. The van der Waals surface area contributed by atoms with Gasteiger partial charge in [0.2, 0.25) is 0 Å². The largest absolute Gasteiger partial charge is 0.508 e. The number of ether oxygens (including phenoxy) is 3. The van der Waals surface area contributed by atoms with Gasteiger partial charge in [0.05, 0.1) is 12.7 Å². The standard InChI is InChI=1S/C33H29F3O4.C18H18O5.CH4.Y/c1-20-4-8-22(9-5-20)30(39)18-24-16-26(12-14-28(24)37)32(3,33(34,35)36)27-13-15-29(38)25(17-27)19-31(40)23-10-6-21(2)7-11-23;1-12-4-6-15(8-14(12)10-22-11-19)23-16-7-5-13(2)17(9-16)18(20)21-3;;/h4-17,37-38H,18-19H2,1-3H3;4-9,11H,10H2,1-3H3;1H4;. The van der Waals surface area contributed by atoms with Gasteiger partial charge in [0.25, 0.3) is 6.47 Å². The van der Waals surface area contributed by atoms with E-state index in [0.717, 1.165) is 46.9 Å². The Hall–Kier alpha value is -6.11. The van der Waals surface area contributed by atoms with E-state index in [1.165, 1.54) is 31.4 Å². The zero-order valence-electron chi connectivity index (χ0n) is 36.2. The van der Waals surface area contributed by atoms with Crippen LogP contribution in [0.15, 0.2) is 121 Å². The van der Waals surface area contributed by atoms with Gasteiger partial charge in [0.1, 0.15) is 35.0 Å². The van der Waals surface area contributed by atoms with Crippen LogP contribution in [0, 0.1) is 27.7 Å². The Balaban J connectivity index is 0.000000384. The molecule has 6 aromatic carbocycles. The Kier molecular flexibility index (Phi) is 19.0. The van der Waals surface area contributed by atoms with Crippen LogP contribution in [0.1, 0.15) is 95.5 Å². The molecule has 0 amide bonds. The number of benzene rings is 6. The van der Waals surface area contributed by atoms with E-state index in [2.05, 4.69) is 0 Å². The number of hydrogen-bond donors (Lipinski definition) is 2. The Bertz CT molecular complexity index is 2510. The summed E-state index contributed by atoms with van der Waals surface area (Å²) in [4.78, 5) is 47.7. The molecular weight excluding hydrogens is 914 g/mol. The summed E-state index contributed by atoms with van der Waals surface area (Å²) >= 11 is 0. The van der Waals surface area contributed by atoms with Gasteiger partial charge >= 0.3 is 12.1 Å². The molecule has 0 bridgehead atoms. The van der Waals surface area contributed by atoms with Gasteiger partial charge in [0.15, 0.2) is 11.6 Å². The summed E-state index contributed by atoms with van der Waals surface area (Å²) < 4.78 is 59.8. The number of methoxy groups -OCH3 is 1. The van der Waals surface area contributed by atoms with E-state index in [1.54, 1.807) is 72.8 Å². The summed E-state index contributed by atoms with van der Waals surface area (Å²) in [7, 11) is 1.34. The van der Waals surface area contributed by atoms with Crippen LogP contribution in [0.3, 0.4) is 0 Å². The predicted octanol–water partition coefficient (Wildman–Crippen LogP) is 11.6. The molecule has 0 aromatic heterocycles. The number of esters is 1. The number of phenols is 2. The molecule has 0 fully saturated rings. The SMILES string of the molecule is C.COC(=O)c1cc(Oc2ccc(C)c(COC=O)c2)ccc1C.Cc1ccc(C(=O)Cc2cc(C(C)(c3ccc(O)c(CC(=O)c4ccc(C)cc4)c3)C(F)(F)F)ccc2O)cc1.[Y]. The second-order valence-corrected chi connectivity index (χ2v) is 15.3. The molecule has 65 heavy (non-hydrogen) atoms. The third-order valence-electron chi connectivity index (χ3n) is 10.8. The summed E-state index contributed by atoms with van der Waals surface area (Å²) in [5.74, 6) is -0.545. The number of aromatic hydroxyl groups is 2. The van der Waals surface area contributed by atoms with Gasteiger partial charge in [-0.15, -0.1) is 0 Å². The van der Waals surface area contributed by atoms with Gasteiger partial charge in [-0.25, -0.2) is 4.79 Å².